The van der Waals surface area contributed by atoms with Crippen LogP contribution < -0.4 is 10.5 Å². The smallest absolute Gasteiger partial charge is 0.264 e. The summed E-state index contributed by atoms with van der Waals surface area (Å²) in [7, 11) is -7.15. The van der Waals surface area contributed by atoms with Crippen LogP contribution in [0.25, 0.3) is 6.08 Å². The van der Waals surface area contributed by atoms with Gasteiger partial charge in [0.25, 0.3) is 10.1 Å². The third-order valence-electron chi connectivity index (χ3n) is 3.41. The van der Waals surface area contributed by atoms with E-state index in [1.807, 2.05) is 0 Å². The molecule has 2 aromatic rings. The van der Waals surface area contributed by atoms with E-state index in [9.17, 15) is 16.8 Å². The topological polar surface area (TPSA) is 128 Å². The first-order valence-corrected chi connectivity index (χ1v) is 12.7. The number of nitrogens with two attached hydrogens (primary N) is 1. The summed E-state index contributed by atoms with van der Waals surface area (Å²) in [5.74, 6) is -0.254. The fourth-order valence-corrected chi connectivity index (χ4v) is 4.78. The van der Waals surface area contributed by atoms with Crippen LogP contribution >= 0.6 is 22.9 Å². The van der Waals surface area contributed by atoms with Crippen molar-refractivity contribution >= 4 is 54.3 Å². The van der Waals surface area contributed by atoms with Gasteiger partial charge < -0.3 is 5.73 Å². The molecule has 0 amide bonds. The molecule has 28 heavy (non-hydrogen) atoms. The maximum atomic E-state index is 12.2. The van der Waals surface area contributed by atoms with E-state index in [0.717, 1.165) is 28.7 Å². The second kappa shape index (κ2) is 9.81. The van der Waals surface area contributed by atoms with Gasteiger partial charge in [-0.1, -0.05) is 35.9 Å². The van der Waals surface area contributed by atoms with Crippen LogP contribution in [0, 0.1) is 0 Å². The number of hydrogen-bond donors (Lipinski definition) is 2. The minimum Gasteiger partial charge on any atom is -0.326 e. The molecule has 0 saturated heterocycles. The Balaban J connectivity index is 1.95. The molecule has 0 unspecified atom stereocenters. The lowest BCUT2D eigenvalue weighted by molar-refractivity contribution is 0.327. The molecule has 0 fully saturated rings. The van der Waals surface area contributed by atoms with Crippen molar-refractivity contribution in [3.8, 4) is 0 Å². The highest BCUT2D eigenvalue weighted by molar-refractivity contribution is 7.93. The van der Waals surface area contributed by atoms with Crippen molar-refractivity contribution in [1.29, 1.82) is 0 Å². The first-order chi connectivity index (χ1) is 13.1. The third kappa shape index (κ3) is 7.49. The molecular formula is C16H20ClN3O5S3. The number of nitrogens with one attached hydrogen (secondary N) is 1. The number of benzene rings is 1. The van der Waals surface area contributed by atoms with Gasteiger partial charge in [-0.25, -0.2) is 13.4 Å². The Labute approximate surface area is 173 Å². The molecule has 3 N–H and O–H groups in total. The van der Waals surface area contributed by atoms with Crippen LogP contribution in [-0.2, 0) is 37.3 Å². The van der Waals surface area contributed by atoms with E-state index in [0.29, 0.717) is 16.3 Å². The van der Waals surface area contributed by atoms with Gasteiger partial charge in [-0.15, -0.1) is 11.3 Å². The fourth-order valence-electron chi connectivity index (χ4n) is 2.19. The normalized spacial score (nSPS) is 12.5. The molecule has 154 valence electrons. The summed E-state index contributed by atoms with van der Waals surface area (Å²) in [6, 6.07) is 5.29. The predicted octanol–water partition coefficient (Wildman–Crippen LogP) is 2.23. The molecule has 0 bridgehead atoms. The van der Waals surface area contributed by atoms with E-state index in [4.69, 9.17) is 17.3 Å². The monoisotopic (exact) mass is 465 g/mol. The van der Waals surface area contributed by atoms with Crippen LogP contribution in [0.15, 0.2) is 30.5 Å². The molecular weight excluding hydrogens is 446 g/mol. The van der Waals surface area contributed by atoms with E-state index >= 15 is 0 Å². The van der Waals surface area contributed by atoms with Gasteiger partial charge in [0.1, 0.15) is 0 Å². The second-order valence-electron chi connectivity index (χ2n) is 5.71. The Morgan fingerprint density at radius 2 is 2.07 bits per heavy atom. The lowest BCUT2D eigenvalue weighted by Gasteiger charge is -2.06. The molecule has 0 radical (unpaired) electrons. The summed E-state index contributed by atoms with van der Waals surface area (Å²) in [6.45, 7) is 0.217. The van der Waals surface area contributed by atoms with Crippen LogP contribution in [-0.4, -0.2) is 40.4 Å². The summed E-state index contributed by atoms with van der Waals surface area (Å²) in [5.41, 5.74) is 7.17. The highest BCUT2D eigenvalue weighted by Crippen LogP contribution is 2.22. The van der Waals surface area contributed by atoms with Crippen LogP contribution in [0.2, 0.25) is 5.02 Å². The van der Waals surface area contributed by atoms with Gasteiger partial charge in [-0.2, -0.15) is 8.42 Å². The van der Waals surface area contributed by atoms with Gasteiger partial charge in [-0.3, -0.25) is 8.91 Å². The maximum absolute atomic E-state index is 12.2. The second-order valence-corrected chi connectivity index (χ2v) is 10.6. The number of nitrogens with zero attached hydrogens (tertiary/aromatic N) is 1. The number of sulfonamides is 1. The van der Waals surface area contributed by atoms with Crippen molar-refractivity contribution in [1.82, 2.24) is 4.98 Å². The maximum Gasteiger partial charge on any atom is 0.264 e. The molecule has 0 aliphatic heterocycles. The van der Waals surface area contributed by atoms with Gasteiger partial charge in [0.2, 0.25) is 10.0 Å². The average molecular weight is 466 g/mol. The van der Waals surface area contributed by atoms with Crippen molar-refractivity contribution in [3.05, 3.63) is 51.5 Å². The van der Waals surface area contributed by atoms with E-state index in [2.05, 4.69) is 13.9 Å². The Morgan fingerprint density at radius 3 is 2.75 bits per heavy atom. The quantitative estimate of drug-likeness (QED) is 0.514. The minimum atomic E-state index is -3.65. The molecule has 0 aliphatic carbocycles. The van der Waals surface area contributed by atoms with Crippen LogP contribution in [0.1, 0.15) is 16.0 Å². The molecule has 0 spiro atoms. The lowest BCUT2D eigenvalue weighted by atomic mass is 10.1. The standard InChI is InChI=1S/C16H20ClN3O5S3/c1-27(21,22)25-8-7-13-11-19-16(26-13)20-28(23,24)9-3-5-12-4-2-6-15(17)14(12)10-18/h2-6,11H,7-10,18H2,1H3,(H,19,20). The lowest BCUT2D eigenvalue weighted by Crippen LogP contribution is -2.15. The molecule has 12 heteroatoms. The molecule has 0 atom stereocenters. The first-order valence-electron chi connectivity index (χ1n) is 8.03. The number of halogens is 1. The Hall–Kier alpha value is -1.50. The predicted molar refractivity (Wildman–Crippen MR) is 112 cm³/mol. The van der Waals surface area contributed by atoms with E-state index in [1.54, 1.807) is 24.3 Å². The van der Waals surface area contributed by atoms with Gasteiger partial charge >= 0.3 is 0 Å². The molecule has 8 nitrogen and oxygen atoms in total. The highest BCUT2D eigenvalue weighted by Gasteiger charge is 2.12. The van der Waals surface area contributed by atoms with Gasteiger partial charge in [0.15, 0.2) is 5.13 Å². The molecule has 0 saturated carbocycles. The van der Waals surface area contributed by atoms with Gasteiger partial charge in [0, 0.05) is 29.1 Å². The number of thiazole rings is 1. The van der Waals surface area contributed by atoms with Crippen LogP contribution in [0.3, 0.4) is 0 Å². The van der Waals surface area contributed by atoms with E-state index < -0.39 is 20.1 Å². The zero-order valence-corrected chi connectivity index (χ0v) is 18.2. The summed E-state index contributed by atoms with van der Waals surface area (Å²) >= 11 is 7.19. The Morgan fingerprint density at radius 1 is 1.32 bits per heavy atom. The fraction of sp³-hybridized carbons (Fsp3) is 0.312. The van der Waals surface area contributed by atoms with E-state index in [1.165, 1.54) is 12.3 Å². The summed E-state index contributed by atoms with van der Waals surface area (Å²) in [5, 5.41) is 0.731. The third-order valence-corrected chi connectivity index (χ3v) is 6.60. The Bertz CT molecular complexity index is 1050. The number of hydrogen-bond acceptors (Lipinski definition) is 8. The van der Waals surface area contributed by atoms with Crippen molar-refractivity contribution in [2.45, 2.75) is 13.0 Å². The molecule has 2 rings (SSSR count). The zero-order chi connectivity index (χ0) is 20.8. The summed E-state index contributed by atoms with van der Waals surface area (Å²) in [6.07, 6.45) is 5.91. The van der Waals surface area contributed by atoms with Crippen molar-refractivity contribution < 1.29 is 21.0 Å². The number of anilines is 1. The largest absolute Gasteiger partial charge is 0.326 e. The van der Waals surface area contributed by atoms with Crippen LogP contribution in [0.4, 0.5) is 5.13 Å². The number of aromatic nitrogens is 1. The number of rotatable bonds is 10. The average Bonchev–Trinajstić information content (AvgIpc) is 3.00. The minimum absolute atomic E-state index is 0.0287. The van der Waals surface area contributed by atoms with Gasteiger partial charge in [0.05, 0.1) is 18.6 Å². The Kier molecular flexibility index (Phi) is 7.98. The van der Waals surface area contributed by atoms with Crippen LogP contribution in [0.5, 0.6) is 0 Å². The highest BCUT2D eigenvalue weighted by atomic mass is 35.5. The van der Waals surface area contributed by atoms with E-state index in [-0.39, 0.29) is 24.0 Å². The van der Waals surface area contributed by atoms with Crippen molar-refractivity contribution in [2.75, 3.05) is 23.3 Å². The van der Waals surface area contributed by atoms with Crippen molar-refractivity contribution in [2.24, 2.45) is 5.73 Å². The SMILES string of the molecule is CS(=O)(=O)OCCc1cnc(NS(=O)(=O)CC=Cc2cccc(Cl)c2CN)s1. The molecule has 0 aliphatic rings. The first kappa shape index (κ1) is 22.8. The molecule has 1 aromatic carbocycles. The van der Waals surface area contributed by atoms with Crippen molar-refractivity contribution in [3.63, 3.8) is 0 Å². The zero-order valence-electron chi connectivity index (χ0n) is 15.0. The van der Waals surface area contributed by atoms with Gasteiger partial charge in [-0.05, 0) is 17.2 Å². The molecule has 1 heterocycles. The molecule has 1 aromatic heterocycles. The summed E-state index contributed by atoms with van der Waals surface area (Å²) in [4.78, 5) is 4.68. The summed E-state index contributed by atoms with van der Waals surface area (Å²) < 4.78 is 53.3.